The monoisotopic (exact) mass is 375 g/mol. The third-order valence-corrected chi connectivity index (χ3v) is 5.05. The van der Waals surface area contributed by atoms with E-state index in [1.807, 2.05) is 5.38 Å². The highest BCUT2D eigenvalue weighted by molar-refractivity contribution is 7.14. The molecule has 2 N–H and O–H groups in total. The number of hydrogen-bond donors (Lipinski definition) is 2. The van der Waals surface area contributed by atoms with Crippen molar-refractivity contribution in [3.05, 3.63) is 34.2 Å². The first-order valence-corrected chi connectivity index (χ1v) is 9.30. The van der Waals surface area contributed by atoms with Crippen molar-refractivity contribution >= 4 is 28.3 Å². The molecule has 0 aliphatic carbocycles. The quantitative estimate of drug-likeness (QED) is 0.776. The molecule has 1 atom stereocenters. The summed E-state index contributed by atoms with van der Waals surface area (Å²) in [6.07, 6.45) is 0. The number of likely N-dealkylation sites (N-methyl/N-ethyl adjacent to an activating group) is 1. The molecule has 0 saturated heterocycles. The molecule has 1 amide bonds. The summed E-state index contributed by atoms with van der Waals surface area (Å²) in [6.45, 7) is 8.26. The van der Waals surface area contributed by atoms with Gasteiger partial charge in [0.05, 0.1) is 18.2 Å². The standard InChI is InChI=1S/C19H25N3O3S/c1-11-6-13(3)15(7-12(11)2)16-10-26-19(20-16)21-17(23)9-22(5)8-14(4)18(24)25/h6-7,10,14H,8-9H2,1-5H3,(H,24,25)(H,20,21,23). The Balaban J connectivity index is 2.01. The van der Waals surface area contributed by atoms with Crippen LogP contribution in [0.4, 0.5) is 5.13 Å². The van der Waals surface area contributed by atoms with Crippen molar-refractivity contribution in [2.45, 2.75) is 27.7 Å². The number of aliphatic carboxylic acids is 1. The van der Waals surface area contributed by atoms with Crippen LogP contribution in [0.2, 0.25) is 0 Å². The van der Waals surface area contributed by atoms with Gasteiger partial charge in [0, 0.05) is 17.5 Å². The zero-order valence-corrected chi connectivity index (χ0v) is 16.6. The van der Waals surface area contributed by atoms with E-state index in [-0.39, 0.29) is 12.5 Å². The van der Waals surface area contributed by atoms with Crippen LogP contribution in [0.15, 0.2) is 17.5 Å². The molecular weight excluding hydrogens is 350 g/mol. The topological polar surface area (TPSA) is 82.5 Å². The van der Waals surface area contributed by atoms with E-state index in [9.17, 15) is 9.59 Å². The molecule has 0 fully saturated rings. The Kier molecular flexibility index (Phi) is 6.50. The van der Waals surface area contributed by atoms with Gasteiger partial charge in [-0.1, -0.05) is 13.0 Å². The lowest BCUT2D eigenvalue weighted by molar-refractivity contribution is -0.141. The maximum absolute atomic E-state index is 12.2. The normalized spacial score (nSPS) is 12.2. The molecule has 26 heavy (non-hydrogen) atoms. The molecule has 0 saturated carbocycles. The number of anilines is 1. The third kappa shape index (κ3) is 5.12. The van der Waals surface area contributed by atoms with Gasteiger partial charge >= 0.3 is 5.97 Å². The van der Waals surface area contributed by atoms with Crippen LogP contribution in [0.1, 0.15) is 23.6 Å². The molecule has 6 nitrogen and oxygen atoms in total. The number of nitrogens with one attached hydrogen (secondary N) is 1. The molecule has 0 aliphatic rings. The highest BCUT2D eigenvalue weighted by atomic mass is 32.1. The number of carbonyl (C=O) groups excluding carboxylic acids is 1. The van der Waals surface area contributed by atoms with Crippen LogP contribution in [0.3, 0.4) is 0 Å². The van der Waals surface area contributed by atoms with Crippen LogP contribution < -0.4 is 5.32 Å². The van der Waals surface area contributed by atoms with Crippen LogP contribution in [0.5, 0.6) is 0 Å². The zero-order valence-electron chi connectivity index (χ0n) is 15.8. The van der Waals surface area contributed by atoms with E-state index < -0.39 is 11.9 Å². The van der Waals surface area contributed by atoms with Crippen molar-refractivity contribution in [2.75, 3.05) is 25.5 Å². The lowest BCUT2D eigenvalue weighted by Gasteiger charge is -2.17. The molecule has 1 aromatic heterocycles. The van der Waals surface area contributed by atoms with E-state index in [1.54, 1.807) is 18.9 Å². The van der Waals surface area contributed by atoms with E-state index in [2.05, 4.69) is 43.2 Å². The highest BCUT2D eigenvalue weighted by Crippen LogP contribution is 2.29. The van der Waals surface area contributed by atoms with Gasteiger partial charge in [0.2, 0.25) is 5.91 Å². The summed E-state index contributed by atoms with van der Waals surface area (Å²) in [5, 5.41) is 14.2. The second-order valence-corrected chi connectivity index (χ2v) is 7.63. The van der Waals surface area contributed by atoms with Gasteiger partial charge in [-0.25, -0.2) is 4.98 Å². The molecular formula is C19H25N3O3S. The Bertz CT molecular complexity index is 816. The number of nitrogens with zero attached hydrogens (tertiary/aromatic N) is 2. The second-order valence-electron chi connectivity index (χ2n) is 6.77. The predicted octanol–water partition coefficient (Wildman–Crippen LogP) is 3.33. The van der Waals surface area contributed by atoms with Crippen LogP contribution in [0.25, 0.3) is 11.3 Å². The minimum atomic E-state index is -0.870. The fourth-order valence-corrected chi connectivity index (χ4v) is 3.43. The number of thiazole rings is 1. The third-order valence-electron chi connectivity index (χ3n) is 4.29. The lowest BCUT2D eigenvalue weighted by Crippen LogP contribution is -2.35. The summed E-state index contributed by atoms with van der Waals surface area (Å²) in [5.74, 6) is -1.60. The first kappa shape index (κ1) is 20.1. The molecule has 1 heterocycles. The first-order valence-electron chi connectivity index (χ1n) is 8.42. The fraction of sp³-hybridized carbons (Fsp3) is 0.421. The van der Waals surface area contributed by atoms with Crippen molar-refractivity contribution in [3.63, 3.8) is 0 Å². The van der Waals surface area contributed by atoms with Gasteiger partial charge in [-0.05, 0) is 50.6 Å². The number of carboxylic acids is 1. The maximum atomic E-state index is 12.2. The lowest BCUT2D eigenvalue weighted by atomic mass is 9.99. The summed E-state index contributed by atoms with van der Waals surface area (Å²) in [4.78, 5) is 29.3. The highest BCUT2D eigenvalue weighted by Gasteiger charge is 2.16. The molecule has 0 bridgehead atoms. The molecule has 2 rings (SSSR count). The minimum Gasteiger partial charge on any atom is -0.481 e. The number of amides is 1. The molecule has 140 valence electrons. The van der Waals surface area contributed by atoms with Crippen molar-refractivity contribution in [1.29, 1.82) is 0 Å². The predicted molar refractivity (Wildman–Crippen MR) is 105 cm³/mol. The van der Waals surface area contributed by atoms with Crippen molar-refractivity contribution in [1.82, 2.24) is 9.88 Å². The second kappa shape index (κ2) is 8.42. The van der Waals surface area contributed by atoms with Crippen molar-refractivity contribution in [3.8, 4) is 11.3 Å². The van der Waals surface area contributed by atoms with E-state index in [0.717, 1.165) is 16.8 Å². The van der Waals surface area contributed by atoms with Crippen LogP contribution in [-0.2, 0) is 9.59 Å². The van der Waals surface area contributed by atoms with Crippen LogP contribution in [-0.4, -0.2) is 47.0 Å². The smallest absolute Gasteiger partial charge is 0.307 e. The molecule has 0 aliphatic heterocycles. The Morgan fingerprint density at radius 2 is 1.88 bits per heavy atom. The summed E-state index contributed by atoms with van der Waals surface area (Å²) < 4.78 is 0. The van der Waals surface area contributed by atoms with Gasteiger partial charge in [-0.2, -0.15) is 0 Å². The van der Waals surface area contributed by atoms with Gasteiger partial charge in [0.1, 0.15) is 0 Å². The largest absolute Gasteiger partial charge is 0.481 e. The number of benzene rings is 1. The van der Waals surface area contributed by atoms with Crippen molar-refractivity contribution in [2.24, 2.45) is 5.92 Å². The molecule has 0 spiro atoms. The van der Waals surface area contributed by atoms with E-state index in [4.69, 9.17) is 5.11 Å². The average molecular weight is 375 g/mol. The minimum absolute atomic E-state index is 0.120. The maximum Gasteiger partial charge on any atom is 0.307 e. The summed E-state index contributed by atoms with van der Waals surface area (Å²) in [5.41, 5.74) is 5.52. The van der Waals surface area contributed by atoms with E-state index >= 15 is 0 Å². The molecule has 0 radical (unpaired) electrons. The number of hydrogen-bond acceptors (Lipinski definition) is 5. The number of aromatic nitrogens is 1. The Labute approximate surface area is 157 Å². The Hall–Kier alpha value is -2.25. The molecule has 2 aromatic rings. The summed E-state index contributed by atoms with van der Waals surface area (Å²) in [6, 6.07) is 4.26. The fourth-order valence-electron chi connectivity index (χ4n) is 2.71. The molecule has 1 unspecified atom stereocenters. The Morgan fingerprint density at radius 1 is 1.23 bits per heavy atom. The molecule has 7 heteroatoms. The SMILES string of the molecule is Cc1cc(C)c(-c2csc(NC(=O)CN(C)CC(C)C(=O)O)n2)cc1C. The van der Waals surface area contributed by atoms with Gasteiger partial charge in [-0.3, -0.25) is 14.5 Å². The van der Waals surface area contributed by atoms with Crippen LogP contribution >= 0.6 is 11.3 Å². The number of carboxylic acid groups (broad SMARTS) is 1. The summed E-state index contributed by atoms with van der Waals surface area (Å²) >= 11 is 1.38. The van der Waals surface area contributed by atoms with Crippen molar-refractivity contribution < 1.29 is 14.7 Å². The number of carbonyl (C=O) groups is 2. The number of rotatable bonds is 7. The van der Waals surface area contributed by atoms with E-state index in [0.29, 0.717) is 11.7 Å². The van der Waals surface area contributed by atoms with Gasteiger partial charge < -0.3 is 10.4 Å². The van der Waals surface area contributed by atoms with E-state index in [1.165, 1.54) is 22.5 Å². The first-order chi connectivity index (χ1) is 12.2. The Morgan fingerprint density at radius 3 is 2.54 bits per heavy atom. The van der Waals surface area contributed by atoms with Gasteiger partial charge in [0.15, 0.2) is 5.13 Å². The average Bonchev–Trinajstić information content (AvgIpc) is 2.98. The number of aryl methyl sites for hydroxylation is 3. The molecule has 1 aromatic carbocycles. The summed E-state index contributed by atoms with van der Waals surface area (Å²) in [7, 11) is 1.73. The van der Waals surface area contributed by atoms with Gasteiger partial charge in [0.25, 0.3) is 0 Å². The van der Waals surface area contributed by atoms with Gasteiger partial charge in [-0.15, -0.1) is 11.3 Å². The zero-order chi connectivity index (χ0) is 19.4. The van der Waals surface area contributed by atoms with Crippen LogP contribution in [0, 0.1) is 26.7 Å².